The van der Waals surface area contributed by atoms with Gasteiger partial charge in [-0.05, 0) is 6.42 Å². The molecule has 0 amide bonds. The number of carbonyl (C=O) groups excluding carboxylic acids is 4. The molecule has 12 nitrogen and oxygen atoms in total. The summed E-state index contributed by atoms with van der Waals surface area (Å²) in [6, 6.07) is 0. The van der Waals surface area contributed by atoms with E-state index in [-0.39, 0.29) is 12.8 Å². The SMILES string of the molecule is CCC(CC(=O)O)O[C@@H]1OC(COC(C)=O)[C@@H](OC(C)=O)[C@H](OC(C)=O)C1OC(C)=O. The van der Waals surface area contributed by atoms with Gasteiger partial charge in [0.1, 0.15) is 12.7 Å². The lowest BCUT2D eigenvalue weighted by atomic mass is 9.98. The topological polar surface area (TPSA) is 161 Å². The highest BCUT2D eigenvalue weighted by atomic mass is 16.7. The summed E-state index contributed by atoms with van der Waals surface area (Å²) in [6.07, 6.45) is -7.54. The number of esters is 4. The molecule has 0 radical (unpaired) electrons. The van der Waals surface area contributed by atoms with Gasteiger partial charge in [-0.15, -0.1) is 0 Å². The Morgan fingerprint density at radius 3 is 1.81 bits per heavy atom. The monoisotopic (exact) mass is 448 g/mol. The van der Waals surface area contributed by atoms with Crippen LogP contribution in [-0.2, 0) is 52.4 Å². The maximum absolute atomic E-state index is 11.7. The number of hydrogen-bond donors (Lipinski definition) is 1. The van der Waals surface area contributed by atoms with Crippen molar-refractivity contribution in [1.82, 2.24) is 0 Å². The van der Waals surface area contributed by atoms with Gasteiger partial charge in [-0.25, -0.2) is 0 Å². The summed E-state index contributed by atoms with van der Waals surface area (Å²) < 4.78 is 32.2. The molecule has 1 rings (SSSR count). The summed E-state index contributed by atoms with van der Waals surface area (Å²) in [7, 11) is 0. The lowest BCUT2D eigenvalue weighted by Gasteiger charge is -2.44. The van der Waals surface area contributed by atoms with Crippen molar-refractivity contribution in [2.45, 2.75) is 84.3 Å². The molecule has 0 aromatic rings. The largest absolute Gasteiger partial charge is 0.481 e. The van der Waals surface area contributed by atoms with Crippen molar-refractivity contribution in [3.63, 3.8) is 0 Å². The molecule has 1 saturated heterocycles. The van der Waals surface area contributed by atoms with Crippen LogP contribution < -0.4 is 0 Å². The highest BCUT2D eigenvalue weighted by Gasteiger charge is 2.53. The van der Waals surface area contributed by atoms with Crippen LogP contribution in [0.15, 0.2) is 0 Å². The quantitative estimate of drug-likeness (QED) is 0.361. The zero-order valence-electron chi connectivity index (χ0n) is 18.0. The molecule has 0 aromatic heterocycles. The van der Waals surface area contributed by atoms with Crippen LogP contribution in [0.4, 0.5) is 0 Å². The average Bonchev–Trinajstić information content (AvgIpc) is 2.62. The second-order valence-corrected chi connectivity index (χ2v) is 6.83. The van der Waals surface area contributed by atoms with Crippen LogP contribution in [0, 0.1) is 0 Å². The Morgan fingerprint density at radius 1 is 0.839 bits per heavy atom. The minimum atomic E-state index is -1.40. The van der Waals surface area contributed by atoms with Crippen molar-refractivity contribution in [3.05, 3.63) is 0 Å². The molecule has 1 N–H and O–H groups in total. The van der Waals surface area contributed by atoms with Gasteiger partial charge in [0, 0.05) is 27.7 Å². The Kier molecular flexibility index (Phi) is 10.4. The summed E-state index contributed by atoms with van der Waals surface area (Å²) >= 11 is 0. The fraction of sp³-hybridized carbons (Fsp3) is 0.737. The van der Waals surface area contributed by atoms with Crippen molar-refractivity contribution >= 4 is 29.8 Å². The van der Waals surface area contributed by atoms with Crippen molar-refractivity contribution in [3.8, 4) is 0 Å². The molecule has 1 aliphatic rings. The first kappa shape index (κ1) is 26.3. The number of ether oxygens (including phenoxy) is 6. The Hall–Kier alpha value is -2.73. The first-order chi connectivity index (χ1) is 14.4. The van der Waals surface area contributed by atoms with Crippen LogP contribution >= 0.6 is 0 Å². The molecular formula is C19H28O12. The first-order valence-corrected chi connectivity index (χ1v) is 9.62. The predicted molar refractivity (Wildman–Crippen MR) is 99.4 cm³/mol. The van der Waals surface area contributed by atoms with E-state index >= 15 is 0 Å². The number of rotatable bonds is 10. The summed E-state index contributed by atoms with van der Waals surface area (Å²) in [5, 5.41) is 9.07. The second kappa shape index (κ2) is 12.2. The Bertz CT molecular complexity index is 675. The van der Waals surface area contributed by atoms with E-state index in [1.54, 1.807) is 6.92 Å². The fourth-order valence-electron chi connectivity index (χ4n) is 2.97. The van der Waals surface area contributed by atoms with E-state index in [2.05, 4.69) is 0 Å². The van der Waals surface area contributed by atoms with Gasteiger partial charge < -0.3 is 33.5 Å². The van der Waals surface area contributed by atoms with Crippen LogP contribution in [0.25, 0.3) is 0 Å². The van der Waals surface area contributed by atoms with E-state index in [0.29, 0.717) is 0 Å². The van der Waals surface area contributed by atoms with Crippen molar-refractivity contribution in [1.29, 1.82) is 0 Å². The Morgan fingerprint density at radius 2 is 1.35 bits per heavy atom. The van der Waals surface area contributed by atoms with E-state index in [4.69, 9.17) is 33.5 Å². The predicted octanol–water partition coefficient (Wildman–Crippen LogP) is 0.339. The number of carboxylic acid groups (broad SMARTS) is 1. The van der Waals surface area contributed by atoms with Gasteiger partial charge in [-0.2, -0.15) is 0 Å². The van der Waals surface area contributed by atoms with Gasteiger partial charge in [0.2, 0.25) is 0 Å². The van der Waals surface area contributed by atoms with E-state index in [1.165, 1.54) is 0 Å². The summed E-state index contributed by atoms with van der Waals surface area (Å²) in [5.74, 6) is -4.07. The summed E-state index contributed by atoms with van der Waals surface area (Å²) in [4.78, 5) is 57.5. The van der Waals surface area contributed by atoms with E-state index in [0.717, 1.165) is 27.7 Å². The van der Waals surface area contributed by atoms with Crippen LogP contribution in [0.5, 0.6) is 0 Å². The highest BCUT2D eigenvalue weighted by Crippen LogP contribution is 2.31. The molecule has 6 atom stereocenters. The number of carbonyl (C=O) groups is 5. The van der Waals surface area contributed by atoms with E-state index < -0.39 is 73.3 Å². The molecule has 3 unspecified atom stereocenters. The standard InChI is InChI=1S/C19H28O12/c1-6-13(7-15(24)25)30-19-18(29-12(5)23)17(28-11(4)22)16(27-10(3)21)14(31-19)8-26-9(2)20/h13-14,16-19H,6-8H2,1-5H3,(H,24,25)/t13?,14?,16-,17+,18?,19-/m1/s1. The molecule has 0 aliphatic carbocycles. The maximum atomic E-state index is 11.7. The summed E-state index contributed by atoms with van der Waals surface area (Å²) in [6.45, 7) is 5.75. The van der Waals surface area contributed by atoms with E-state index in [1.807, 2.05) is 0 Å². The molecule has 1 aliphatic heterocycles. The fourth-order valence-corrected chi connectivity index (χ4v) is 2.97. The lowest BCUT2D eigenvalue weighted by molar-refractivity contribution is -0.317. The lowest BCUT2D eigenvalue weighted by Crippen LogP contribution is -2.63. The number of hydrogen-bond acceptors (Lipinski definition) is 11. The highest BCUT2D eigenvalue weighted by molar-refractivity contribution is 5.69. The van der Waals surface area contributed by atoms with Crippen LogP contribution in [-0.4, -0.2) is 78.4 Å². The molecule has 0 aromatic carbocycles. The van der Waals surface area contributed by atoms with E-state index in [9.17, 15) is 24.0 Å². The molecule has 0 bridgehead atoms. The zero-order valence-corrected chi connectivity index (χ0v) is 18.0. The van der Waals surface area contributed by atoms with Crippen LogP contribution in [0.3, 0.4) is 0 Å². The van der Waals surface area contributed by atoms with Crippen LogP contribution in [0.2, 0.25) is 0 Å². The Balaban J connectivity index is 3.34. The average molecular weight is 448 g/mol. The smallest absolute Gasteiger partial charge is 0.305 e. The van der Waals surface area contributed by atoms with Gasteiger partial charge in [0.25, 0.3) is 0 Å². The van der Waals surface area contributed by atoms with Gasteiger partial charge >= 0.3 is 29.8 Å². The number of aliphatic carboxylic acids is 1. The molecule has 12 heteroatoms. The van der Waals surface area contributed by atoms with Gasteiger partial charge in [-0.3, -0.25) is 24.0 Å². The number of carboxylic acids is 1. The zero-order chi connectivity index (χ0) is 23.7. The third-order valence-electron chi connectivity index (χ3n) is 4.13. The van der Waals surface area contributed by atoms with Gasteiger partial charge in [0.15, 0.2) is 24.6 Å². The molecule has 31 heavy (non-hydrogen) atoms. The molecule has 1 heterocycles. The van der Waals surface area contributed by atoms with Crippen molar-refractivity contribution < 1.29 is 57.5 Å². The normalized spacial score (nSPS) is 26.3. The second-order valence-electron chi connectivity index (χ2n) is 6.83. The van der Waals surface area contributed by atoms with Crippen LogP contribution in [0.1, 0.15) is 47.5 Å². The molecule has 176 valence electrons. The minimum Gasteiger partial charge on any atom is -0.481 e. The van der Waals surface area contributed by atoms with Crippen molar-refractivity contribution in [2.24, 2.45) is 0 Å². The van der Waals surface area contributed by atoms with Crippen molar-refractivity contribution in [2.75, 3.05) is 6.61 Å². The third kappa shape index (κ3) is 8.89. The molecular weight excluding hydrogens is 420 g/mol. The van der Waals surface area contributed by atoms with Gasteiger partial charge in [-0.1, -0.05) is 6.92 Å². The third-order valence-corrected chi connectivity index (χ3v) is 4.13. The first-order valence-electron chi connectivity index (χ1n) is 9.62. The minimum absolute atomic E-state index is 0.277. The molecule has 0 saturated carbocycles. The maximum Gasteiger partial charge on any atom is 0.305 e. The molecule has 0 spiro atoms. The molecule has 1 fully saturated rings. The van der Waals surface area contributed by atoms with Gasteiger partial charge in [0.05, 0.1) is 12.5 Å². The summed E-state index contributed by atoms with van der Waals surface area (Å²) in [5.41, 5.74) is 0. The Labute approximate surface area is 179 Å².